The van der Waals surface area contributed by atoms with E-state index in [0.29, 0.717) is 39.3 Å². The first kappa shape index (κ1) is 69.4. The second-order valence-corrected chi connectivity index (χ2v) is 44.8. The number of halogens is 4. The number of fused-ring (bicyclic) bond motifs is 7. The maximum Gasteiger partial charge on any atom is 0.171 e. The van der Waals surface area contributed by atoms with Gasteiger partial charge in [-0.2, -0.15) is 0 Å². The van der Waals surface area contributed by atoms with Crippen molar-refractivity contribution in [3.8, 4) is 69.9 Å². The highest BCUT2D eigenvalue weighted by Gasteiger charge is 2.53. The molecule has 2 aliphatic rings. The molecule has 2 nitrogen and oxygen atoms in total. The Hall–Kier alpha value is -2.91. The molecule has 0 fully saturated rings. The van der Waals surface area contributed by atoms with E-state index in [1.807, 2.05) is 34.8 Å². The van der Waals surface area contributed by atoms with Crippen LogP contribution >= 0.6 is 90.7 Å². The molecule has 91 heavy (non-hydrogen) atoms. The summed E-state index contributed by atoms with van der Waals surface area (Å²) in [6, 6.07) is 18.0. The van der Waals surface area contributed by atoms with E-state index in [1.165, 1.54) is 102 Å². The molecule has 10 heterocycles. The van der Waals surface area contributed by atoms with E-state index in [-0.39, 0.29) is 5.41 Å². The summed E-state index contributed by atoms with van der Waals surface area (Å²) in [5.74, 6) is -2.68. The van der Waals surface area contributed by atoms with Crippen molar-refractivity contribution in [3.05, 3.63) is 80.5 Å². The SMILES string of the molecule is CCCCC(CC)C[Si]1(CC(CC)CCCC)c2cc(-c3cc(C)c(-c4nc5sc(-c6sc(C(C)C)cc6C)nc5s4)s3)sc2-c2sc(-c3c(F)c(F)c(-c4cc5c(s4)-c4sc(C(C)(C)C)cc4[Si]5(CC(CC)CCCC)CC(CC)CCCC)c(F)c3F)cc21. The standard InChI is InChI=1S/C75H96F4N2S8Si2/c1-16-24-28-45(20-5)38-90(39-46(21-6)29-25-17-2)54-34-51(50-33-44(12)66(83-50)72-81-74-73(89-72)80-71(88-74)65-43(11)32-49(82-65)42(9)10)84-67(54)68-55(90)35-52(85-68)59-61(76)63(78)60(64(79)62(59)77)53-36-56-69(86-53)70-57(37-58(87-70)75(13,14)15)91(56,40-47(22-7)30-26-18-3)41-48(23-8)31-27-19-4/h32-37,42,45-48H,16-31,38-41H2,1-15H3. The molecule has 16 heteroatoms. The number of hydrogen-bond acceptors (Lipinski definition) is 10. The quantitative estimate of drug-likeness (QED) is 0.0255. The number of thiazole rings is 2. The normalized spacial score (nSPS) is 17.6. The molecule has 0 N–H and O–H groups in total. The number of hydrogen-bond donors (Lipinski definition) is 0. The molecule has 1 aromatic carbocycles. The van der Waals surface area contributed by atoms with Gasteiger partial charge in [-0.05, 0) is 141 Å². The lowest BCUT2D eigenvalue weighted by molar-refractivity contribution is 0.463. The molecule has 4 atom stereocenters. The van der Waals surface area contributed by atoms with Gasteiger partial charge in [-0.3, -0.25) is 0 Å². The molecule has 8 aromatic heterocycles. The fourth-order valence-electron chi connectivity index (χ4n) is 15.2. The van der Waals surface area contributed by atoms with Crippen molar-refractivity contribution in [2.75, 3.05) is 0 Å². The zero-order valence-corrected chi connectivity index (χ0v) is 65.2. The van der Waals surface area contributed by atoms with E-state index in [0.717, 1.165) is 148 Å². The molecule has 0 radical (unpaired) electrons. The average molecular weight is 1410 g/mol. The van der Waals surface area contributed by atoms with Crippen molar-refractivity contribution >= 4 is 137 Å². The summed E-state index contributed by atoms with van der Waals surface area (Å²) in [6.07, 6.45) is 18.0. The smallest absolute Gasteiger partial charge is 0.171 e. The second kappa shape index (κ2) is 28.7. The highest BCUT2D eigenvalue weighted by molar-refractivity contribution is 7.35. The lowest BCUT2D eigenvalue weighted by atomic mass is 9.95. The van der Waals surface area contributed by atoms with Crippen LogP contribution in [0.2, 0.25) is 24.2 Å². The fourth-order valence-corrected chi connectivity index (χ4v) is 40.9. The van der Waals surface area contributed by atoms with Crippen LogP contribution in [0.1, 0.15) is 220 Å². The molecule has 2 aliphatic heterocycles. The van der Waals surface area contributed by atoms with Crippen LogP contribution in [-0.4, -0.2) is 26.1 Å². The highest BCUT2D eigenvalue weighted by atomic mass is 32.1. The molecular weight excluding hydrogens is 1320 g/mol. The van der Waals surface area contributed by atoms with Crippen molar-refractivity contribution in [2.24, 2.45) is 23.7 Å². The predicted molar refractivity (Wildman–Crippen MR) is 405 cm³/mol. The first-order valence-electron chi connectivity index (χ1n) is 34.5. The number of benzene rings is 1. The van der Waals surface area contributed by atoms with Gasteiger partial charge in [0.1, 0.15) is 26.2 Å². The Labute approximate surface area is 575 Å². The van der Waals surface area contributed by atoms with Crippen LogP contribution in [0.4, 0.5) is 17.6 Å². The van der Waals surface area contributed by atoms with Crippen molar-refractivity contribution in [3.63, 3.8) is 0 Å². The van der Waals surface area contributed by atoms with Crippen molar-refractivity contribution < 1.29 is 17.6 Å². The first-order valence-corrected chi connectivity index (χ1v) is 45.9. The van der Waals surface area contributed by atoms with Crippen LogP contribution < -0.4 is 20.7 Å². The number of aryl methyl sites for hydroxylation is 2. The molecule has 0 amide bonds. The third-order valence-electron chi connectivity index (χ3n) is 20.7. The zero-order valence-electron chi connectivity index (χ0n) is 56.7. The highest BCUT2D eigenvalue weighted by Crippen LogP contribution is 2.55. The Morgan fingerprint density at radius 3 is 1.10 bits per heavy atom. The Morgan fingerprint density at radius 2 is 0.736 bits per heavy atom. The molecule has 0 saturated heterocycles. The number of rotatable bonds is 30. The molecule has 4 unspecified atom stereocenters. The summed E-state index contributed by atoms with van der Waals surface area (Å²) in [5, 5.41) is 7.44. The molecule has 0 bridgehead atoms. The van der Waals surface area contributed by atoms with Crippen molar-refractivity contribution in [1.82, 2.24) is 9.97 Å². The molecule has 0 spiro atoms. The monoisotopic (exact) mass is 1410 g/mol. The van der Waals surface area contributed by atoms with Gasteiger partial charge in [0.15, 0.2) is 32.9 Å². The van der Waals surface area contributed by atoms with Gasteiger partial charge in [-0.1, -0.05) is 215 Å². The first-order chi connectivity index (χ1) is 43.6. The number of thiophene rings is 6. The Kier molecular flexibility index (Phi) is 21.9. The summed E-state index contributed by atoms with van der Waals surface area (Å²) in [6.45, 7) is 34.1. The number of unbranched alkanes of at least 4 members (excludes halogenated alkanes) is 4. The van der Waals surface area contributed by atoms with Gasteiger partial charge in [0.2, 0.25) is 0 Å². The van der Waals surface area contributed by atoms with Crippen LogP contribution in [0, 0.1) is 60.8 Å². The van der Waals surface area contributed by atoms with Gasteiger partial charge in [0.05, 0.1) is 20.9 Å². The lowest BCUT2D eigenvalue weighted by Gasteiger charge is -2.36. The minimum absolute atomic E-state index is 0.0783. The van der Waals surface area contributed by atoms with E-state index >= 15 is 17.6 Å². The topological polar surface area (TPSA) is 25.8 Å². The molecule has 490 valence electrons. The van der Waals surface area contributed by atoms with Gasteiger partial charge in [0.25, 0.3) is 0 Å². The molecule has 9 aromatic rings. The molecular formula is C75H96F4N2S8Si2. The van der Waals surface area contributed by atoms with Crippen LogP contribution in [0.15, 0.2) is 36.4 Å². The lowest BCUT2D eigenvalue weighted by Crippen LogP contribution is -2.57. The van der Waals surface area contributed by atoms with E-state index in [9.17, 15) is 0 Å². The Morgan fingerprint density at radius 1 is 0.407 bits per heavy atom. The van der Waals surface area contributed by atoms with E-state index in [2.05, 4.69) is 128 Å². The minimum Gasteiger partial charge on any atom is -0.222 e. The van der Waals surface area contributed by atoms with E-state index in [4.69, 9.17) is 9.97 Å². The van der Waals surface area contributed by atoms with E-state index < -0.39 is 50.5 Å². The summed E-state index contributed by atoms with van der Waals surface area (Å²) in [5.41, 5.74) is 1.27. The number of nitrogens with zero attached hydrogens (tertiary/aromatic N) is 2. The zero-order chi connectivity index (χ0) is 65.0. The van der Waals surface area contributed by atoms with Crippen molar-refractivity contribution in [2.45, 2.75) is 242 Å². The van der Waals surface area contributed by atoms with Gasteiger partial charge in [-0.25, -0.2) is 27.5 Å². The van der Waals surface area contributed by atoms with Crippen LogP contribution in [0.3, 0.4) is 0 Å². The molecule has 11 rings (SSSR count). The average Bonchev–Trinajstić information content (AvgIpc) is 1.55. The van der Waals surface area contributed by atoms with Crippen LogP contribution in [0.5, 0.6) is 0 Å². The van der Waals surface area contributed by atoms with Crippen LogP contribution in [0.25, 0.3) is 79.6 Å². The maximum absolute atomic E-state index is 17.9. The van der Waals surface area contributed by atoms with Gasteiger partial charge >= 0.3 is 0 Å². The summed E-state index contributed by atoms with van der Waals surface area (Å²) < 4.78 is 71.4. The minimum atomic E-state index is -2.73. The Bertz CT molecular complexity index is 3920. The van der Waals surface area contributed by atoms with E-state index in [1.54, 1.807) is 45.3 Å². The number of aromatic nitrogens is 2. The fraction of sp³-hybridized carbons (Fsp3) is 0.547. The summed E-state index contributed by atoms with van der Waals surface area (Å²) in [4.78, 5) is 25.0. The third kappa shape index (κ3) is 13.1. The van der Waals surface area contributed by atoms with Gasteiger partial charge < -0.3 is 0 Å². The second-order valence-electron chi connectivity index (χ2n) is 28.4. The predicted octanol–water partition coefficient (Wildman–Crippen LogP) is 26.0. The summed E-state index contributed by atoms with van der Waals surface area (Å²) >= 11 is 13.4. The Balaban J connectivity index is 1.03. The van der Waals surface area contributed by atoms with Crippen molar-refractivity contribution in [1.29, 1.82) is 0 Å². The van der Waals surface area contributed by atoms with Gasteiger partial charge in [0, 0.05) is 48.8 Å². The molecule has 0 aliphatic carbocycles. The third-order valence-corrected chi connectivity index (χ3v) is 42.8. The largest absolute Gasteiger partial charge is 0.222 e. The van der Waals surface area contributed by atoms with Gasteiger partial charge in [-0.15, -0.1) is 68.0 Å². The maximum atomic E-state index is 17.9. The molecule has 0 saturated carbocycles. The van der Waals surface area contributed by atoms with Crippen LogP contribution in [-0.2, 0) is 5.41 Å². The summed E-state index contributed by atoms with van der Waals surface area (Å²) in [7, 11) is -5.33.